The summed E-state index contributed by atoms with van der Waals surface area (Å²) >= 11 is 0. The Kier molecular flexibility index (Phi) is 6.61. The highest BCUT2D eigenvalue weighted by Gasteiger charge is 2.15. The van der Waals surface area contributed by atoms with Crippen LogP contribution in [0, 0.1) is 0 Å². The summed E-state index contributed by atoms with van der Waals surface area (Å²) in [5, 5.41) is 3.43. The molecule has 0 radical (unpaired) electrons. The van der Waals surface area contributed by atoms with Crippen LogP contribution in [0.3, 0.4) is 0 Å². The summed E-state index contributed by atoms with van der Waals surface area (Å²) in [4.78, 5) is 2.18. The SMILES string of the molecule is COc1ccc(CNCC(C)N(C)C)c(OC)c1OC. The zero-order chi connectivity index (χ0) is 15.1. The highest BCUT2D eigenvalue weighted by molar-refractivity contribution is 5.55. The van der Waals surface area contributed by atoms with Gasteiger partial charge in [-0.3, -0.25) is 0 Å². The van der Waals surface area contributed by atoms with Crippen LogP contribution in [0.4, 0.5) is 0 Å². The first-order valence-electron chi connectivity index (χ1n) is 6.70. The Balaban J connectivity index is 2.80. The molecule has 0 saturated heterocycles. The molecule has 5 heteroatoms. The van der Waals surface area contributed by atoms with Crippen molar-refractivity contribution < 1.29 is 14.2 Å². The molecule has 0 bridgehead atoms. The predicted molar refractivity (Wildman–Crippen MR) is 81.0 cm³/mol. The van der Waals surface area contributed by atoms with E-state index in [4.69, 9.17) is 14.2 Å². The van der Waals surface area contributed by atoms with Gasteiger partial charge in [0.2, 0.25) is 5.75 Å². The molecule has 1 aromatic carbocycles. The fourth-order valence-electron chi connectivity index (χ4n) is 1.90. The molecule has 1 N–H and O–H groups in total. The molecule has 5 nitrogen and oxygen atoms in total. The molecular formula is C15H26N2O3. The number of hydrogen-bond acceptors (Lipinski definition) is 5. The van der Waals surface area contributed by atoms with Gasteiger partial charge in [0, 0.05) is 24.7 Å². The summed E-state index contributed by atoms with van der Waals surface area (Å²) < 4.78 is 16.1. The van der Waals surface area contributed by atoms with Crippen LogP contribution in [-0.2, 0) is 6.54 Å². The van der Waals surface area contributed by atoms with Crippen molar-refractivity contribution in [3.8, 4) is 17.2 Å². The smallest absolute Gasteiger partial charge is 0.203 e. The molecule has 0 spiro atoms. The summed E-state index contributed by atoms with van der Waals surface area (Å²) in [7, 11) is 9.02. The quantitative estimate of drug-likeness (QED) is 0.787. The van der Waals surface area contributed by atoms with E-state index in [1.54, 1.807) is 21.3 Å². The molecule has 0 fully saturated rings. The zero-order valence-electron chi connectivity index (χ0n) is 13.3. The molecule has 0 aliphatic rings. The summed E-state index contributed by atoms with van der Waals surface area (Å²) in [6.07, 6.45) is 0. The van der Waals surface area contributed by atoms with E-state index in [2.05, 4.69) is 31.2 Å². The number of methoxy groups -OCH3 is 3. The van der Waals surface area contributed by atoms with E-state index in [0.717, 1.165) is 24.4 Å². The summed E-state index contributed by atoms with van der Waals surface area (Å²) in [5.41, 5.74) is 1.05. The fraction of sp³-hybridized carbons (Fsp3) is 0.600. The average Bonchev–Trinajstić information content (AvgIpc) is 2.45. The Morgan fingerprint density at radius 2 is 1.70 bits per heavy atom. The van der Waals surface area contributed by atoms with E-state index in [1.165, 1.54) is 0 Å². The van der Waals surface area contributed by atoms with Gasteiger partial charge in [-0.05, 0) is 27.1 Å². The van der Waals surface area contributed by atoms with Gasteiger partial charge in [0.05, 0.1) is 21.3 Å². The van der Waals surface area contributed by atoms with Crippen LogP contribution in [0.5, 0.6) is 17.2 Å². The van der Waals surface area contributed by atoms with Crippen LogP contribution in [0.1, 0.15) is 12.5 Å². The van der Waals surface area contributed by atoms with Crippen molar-refractivity contribution in [1.82, 2.24) is 10.2 Å². The van der Waals surface area contributed by atoms with Crippen molar-refractivity contribution in [2.24, 2.45) is 0 Å². The van der Waals surface area contributed by atoms with Gasteiger partial charge in [-0.15, -0.1) is 0 Å². The first kappa shape index (κ1) is 16.6. The second-order valence-electron chi connectivity index (χ2n) is 4.94. The number of rotatable bonds is 8. The first-order valence-corrected chi connectivity index (χ1v) is 6.70. The maximum absolute atomic E-state index is 5.46. The Labute approximate surface area is 121 Å². The Bertz CT molecular complexity index is 422. The maximum atomic E-state index is 5.46. The van der Waals surface area contributed by atoms with Crippen LogP contribution < -0.4 is 19.5 Å². The molecule has 1 rings (SSSR count). The van der Waals surface area contributed by atoms with Crippen molar-refractivity contribution in [3.05, 3.63) is 17.7 Å². The predicted octanol–water partition coefficient (Wildman–Crippen LogP) is 1.75. The highest BCUT2D eigenvalue weighted by atomic mass is 16.5. The largest absolute Gasteiger partial charge is 0.493 e. The van der Waals surface area contributed by atoms with Crippen LogP contribution in [0.25, 0.3) is 0 Å². The van der Waals surface area contributed by atoms with E-state index in [0.29, 0.717) is 17.5 Å². The molecule has 0 aromatic heterocycles. The minimum atomic E-state index is 0.473. The molecule has 0 saturated carbocycles. The van der Waals surface area contributed by atoms with E-state index < -0.39 is 0 Å². The Hall–Kier alpha value is -1.46. The number of ether oxygens (including phenoxy) is 3. The second-order valence-corrected chi connectivity index (χ2v) is 4.94. The molecule has 1 unspecified atom stereocenters. The fourth-order valence-corrected chi connectivity index (χ4v) is 1.90. The van der Waals surface area contributed by atoms with Crippen LogP contribution in [0.2, 0.25) is 0 Å². The lowest BCUT2D eigenvalue weighted by atomic mass is 10.1. The monoisotopic (exact) mass is 282 g/mol. The van der Waals surface area contributed by atoms with E-state index in [1.807, 2.05) is 12.1 Å². The van der Waals surface area contributed by atoms with E-state index >= 15 is 0 Å². The first-order chi connectivity index (χ1) is 9.54. The van der Waals surface area contributed by atoms with Gasteiger partial charge in [-0.25, -0.2) is 0 Å². The maximum Gasteiger partial charge on any atom is 0.203 e. The van der Waals surface area contributed by atoms with Gasteiger partial charge < -0.3 is 24.4 Å². The van der Waals surface area contributed by atoms with E-state index in [9.17, 15) is 0 Å². The van der Waals surface area contributed by atoms with Crippen LogP contribution >= 0.6 is 0 Å². The molecule has 0 aliphatic heterocycles. The van der Waals surface area contributed by atoms with Gasteiger partial charge >= 0.3 is 0 Å². The third-order valence-corrected chi connectivity index (χ3v) is 3.42. The van der Waals surface area contributed by atoms with Crippen molar-refractivity contribution >= 4 is 0 Å². The number of nitrogens with one attached hydrogen (secondary N) is 1. The third kappa shape index (κ3) is 4.02. The highest BCUT2D eigenvalue weighted by Crippen LogP contribution is 2.39. The topological polar surface area (TPSA) is 43.0 Å². The van der Waals surface area contributed by atoms with Crippen LogP contribution in [-0.4, -0.2) is 52.9 Å². The van der Waals surface area contributed by atoms with Gasteiger partial charge in [0.1, 0.15) is 0 Å². The summed E-state index contributed by atoms with van der Waals surface area (Å²) in [5.74, 6) is 2.03. The lowest BCUT2D eigenvalue weighted by molar-refractivity contribution is 0.300. The summed E-state index contributed by atoms with van der Waals surface area (Å²) in [6.45, 7) is 3.81. The molecule has 1 aromatic rings. The number of benzene rings is 1. The molecule has 1 atom stereocenters. The van der Waals surface area contributed by atoms with Crippen LogP contribution in [0.15, 0.2) is 12.1 Å². The van der Waals surface area contributed by atoms with Gasteiger partial charge in [-0.1, -0.05) is 6.07 Å². The van der Waals surface area contributed by atoms with Crippen molar-refractivity contribution in [2.45, 2.75) is 19.5 Å². The molecule has 114 valence electrons. The van der Waals surface area contributed by atoms with Gasteiger partial charge in [0.25, 0.3) is 0 Å². The van der Waals surface area contributed by atoms with Crippen molar-refractivity contribution in [2.75, 3.05) is 42.0 Å². The standard InChI is InChI=1S/C15H26N2O3/c1-11(17(2)3)9-16-10-12-7-8-13(18-4)15(20-6)14(12)19-5/h7-8,11,16H,9-10H2,1-6H3. The van der Waals surface area contributed by atoms with Crippen molar-refractivity contribution in [1.29, 1.82) is 0 Å². The zero-order valence-corrected chi connectivity index (χ0v) is 13.3. The summed E-state index contributed by atoms with van der Waals surface area (Å²) in [6, 6.07) is 4.36. The molecule has 0 heterocycles. The lowest BCUT2D eigenvalue weighted by Gasteiger charge is -2.21. The Morgan fingerprint density at radius 3 is 2.20 bits per heavy atom. The Morgan fingerprint density at radius 1 is 1.05 bits per heavy atom. The molecule has 0 amide bonds. The number of likely N-dealkylation sites (N-methyl/N-ethyl adjacent to an activating group) is 1. The number of nitrogens with zero attached hydrogens (tertiary/aromatic N) is 1. The molecule has 20 heavy (non-hydrogen) atoms. The normalized spacial score (nSPS) is 12.3. The van der Waals surface area contributed by atoms with E-state index in [-0.39, 0.29) is 0 Å². The number of hydrogen-bond donors (Lipinski definition) is 1. The van der Waals surface area contributed by atoms with Crippen molar-refractivity contribution in [3.63, 3.8) is 0 Å². The van der Waals surface area contributed by atoms with Gasteiger partial charge in [0.15, 0.2) is 11.5 Å². The van der Waals surface area contributed by atoms with Gasteiger partial charge in [-0.2, -0.15) is 0 Å². The lowest BCUT2D eigenvalue weighted by Crippen LogP contribution is -2.35. The second kappa shape index (κ2) is 7.97. The third-order valence-electron chi connectivity index (χ3n) is 3.42. The molecule has 0 aliphatic carbocycles. The molecular weight excluding hydrogens is 256 g/mol. The minimum Gasteiger partial charge on any atom is -0.493 e. The minimum absolute atomic E-state index is 0.473. The average molecular weight is 282 g/mol.